The monoisotopic (exact) mass is 600 g/mol. The molecule has 44 heavy (non-hydrogen) atoms. The van der Waals surface area contributed by atoms with E-state index >= 15 is 0 Å². The Morgan fingerprint density at radius 3 is 1.18 bits per heavy atom. The highest BCUT2D eigenvalue weighted by atomic mass is 16.5. The molecule has 0 fully saturated rings. The normalized spacial score (nSPS) is 13.8. The Bertz CT molecular complexity index is 1430. The number of hydrogen-bond donors (Lipinski definition) is 0. The number of hydrogen-bond acceptors (Lipinski definition) is 6. The standard InChI is InChI=1S/C38H48O6/c1-37(2,3)25-17-23-15-13-11-12-14-16-24-18-26(38(4,5)6)20-30(34(24)42-8)28-22-32(36(40)44-10)31(35(39)43-9)21-27(28)29(19-25)33(23)41-7/h17-22H,11-16H2,1-10H3. The van der Waals surface area contributed by atoms with Gasteiger partial charge in [-0.05, 0) is 94.2 Å². The summed E-state index contributed by atoms with van der Waals surface area (Å²) in [6, 6.07) is 12.4. The lowest BCUT2D eigenvalue weighted by atomic mass is 9.79. The molecule has 4 bridgehead atoms. The maximum Gasteiger partial charge on any atom is 0.338 e. The molecular formula is C38H48O6. The molecular weight excluding hydrogens is 552 g/mol. The highest BCUT2D eigenvalue weighted by Crippen LogP contribution is 2.47. The van der Waals surface area contributed by atoms with Crippen molar-refractivity contribution in [1.82, 2.24) is 0 Å². The summed E-state index contributed by atoms with van der Waals surface area (Å²) in [6.07, 6.45) is 6.05. The quantitative estimate of drug-likeness (QED) is 0.279. The largest absolute Gasteiger partial charge is 0.496 e. The van der Waals surface area contributed by atoms with Crippen molar-refractivity contribution in [2.45, 2.75) is 90.9 Å². The lowest BCUT2D eigenvalue weighted by molar-refractivity contribution is 0.0555. The molecule has 1 aliphatic rings. The van der Waals surface area contributed by atoms with Gasteiger partial charge in [0, 0.05) is 11.1 Å². The van der Waals surface area contributed by atoms with Gasteiger partial charge >= 0.3 is 11.9 Å². The smallest absolute Gasteiger partial charge is 0.338 e. The molecule has 0 saturated heterocycles. The fraction of sp³-hybridized carbons (Fsp3) is 0.474. The van der Waals surface area contributed by atoms with Gasteiger partial charge in [0.05, 0.1) is 39.6 Å². The van der Waals surface area contributed by atoms with Crippen molar-refractivity contribution in [2.24, 2.45) is 0 Å². The van der Waals surface area contributed by atoms with E-state index < -0.39 is 11.9 Å². The molecule has 0 N–H and O–H groups in total. The third-order valence-electron chi connectivity index (χ3n) is 8.66. The van der Waals surface area contributed by atoms with Crippen molar-refractivity contribution in [3.63, 3.8) is 0 Å². The SMILES string of the molecule is COC(=O)c1cc2c(cc1C(=O)OC)-c1cc(C(C)(C)C)cc(c1OC)CCCCCCc1cc(C(C)(C)C)cc-2c1OC. The Kier molecular flexibility index (Phi) is 9.82. The number of benzene rings is 3. The van der Waals surface area contributed by atoms with Crippen LogP contribution in [0.3, 0.4) is 0 Å². The molecule has 3 aromatic rings. The Labute approximate surface area is 263 Å². The lowest BCUT2D eigenvalue weighted by Crippen LogP contribution is -2.15. The lowest BCUT2D eigenvalue weighted by Gasteiger charge is -2.27. The summed E-state index contributed by atoms with van der Waals surface area (Å²) in [6.45, 7) is 13.2. The maximum atomic E-state index is 13.2. The van der Waals surface area contributed by atoms with Crippen LogP contribution in [0, 0.1) is 0 Å². The highest BCUT2D eigenvalue weighted by Gasteiger charge is 2.29. The minimum atomic E-state index is -0.616. The molecule has 236 valence electrons. The second-order valence-electron chi connectivity index (χ2n) is 13.8. The molecule has 0 aliphatic heterocycles. The molecule has 6 nitrogen and oxygen atoms in total. The van der Waals surface area contributed by atoms with Crippen molar-refractivity contribution < 1.29 is 28.5 Å². The maximum absolute atomic E-state index is 13.2. The van der Waals surface area contributed by atoms with E-state index in [9.17, 15) is 9.59 Å². The first-order valence-corrected chi connectivity index (χ1v) is 15.5. The van der Waals surface area contributed by atoms with Crippen molar-refractivity contribution in [2.75, 3.05) is 28.4 Å². The van der Waals surface area contributed by atoms with E-state index in [2.05, 4.69) is 65.8 Å². The summed E-state index contributed by atoms with van der Waals surface area (Å²) >= 11 is 0. The van der Waals surface area contributed by atoms with Crippen molar-refractivity contribution in [3.8, 4) is 33.8 Å². The average Bonchev–Trinajstić information content (AvgIpc) is 2.98. The van der Waals surface area contributed by atoms with Gasteiger partial charge in [-0.25, -0.2) is 9.59 Å². The van der Waals surface area contributed by atoms with E-state index in [1.165, 1.54) is 14.2 Å². The third-order valence-corrected chi connectivity index (χ3v) is 8.66. The molecule has 0 radical (unpaired) electrons. The van der Waals surface area contributed by atoms with Crippen LogP contribution in [0.15, 0.2) is 36.4 Å². The molecule has 0 unspecified atom stereocenters. The molecule has 1 aliphatic carbocycles. The second-order valence-corrected chi connectivity index (χ2v) is 13.8. The zero-order valence-corrected chi connectivity index (χ0v) is 28.2. The summed E-state index contributed by atoms with van der Waals surface area (Å²) in [5, 5.41) is 0. The van der Waals surface area contributed by atoms with Gasteiger partial charge in [0.2, 0.25) is 0 Å². The highest BCUT2D eigenvalue weighted by molar-refractivity contribution is 6.07. The summed E-state index contributed by atoms with van der Waals surface area (Å²) in [5.74, 6) is 0.304. The third kappa shape index (κ3) is 6.64. The number of carbonyl (C=O) groups excluding carboxylic acids is 2. The molecule has 0 amide bonds. The van der Waals surface area contributed by atoms with Crippen LogP contribution in [0.1, 0.15) is 110 Å². The first-order chi connectivity index (χ1) is 20.7. The van der Waals surface area contributed by atoms with Crippen LogP contribution in [0.25, 0.3) is 22.3 Å². The molecule has 4 rings (SSSR count). The van der Waals surface area contributed by atoms with E-state index in [0.29, 0.717) is 0 Å². The van der Waals surface area contributed by atoms with Crippen molar-refractivity contribution in [1.29, 1.82) is 0 Å². The zero-order chi connectivity index (χ0) is 32.4. The number of aryl methyl sites for hydroxylation is 2. The minimum absolute atomic E-state index is 0.134. The van der Waals surface area contributed by atoms with E-state index in [0.717, 1.165) is 94.5 Å². The first kappa shape index (κ1) is 33.1. The molecule has 3 aromatic carbocycles. The zero-order valence-electron chi connectivity index (χ0n) is 28.2. The summed E-state index contributed by atoms with van der Waals surface area (Å²) in [4.78, 5) is 26.4. The van der Waals surface area contributed by atoms with E-state index in [1.54, 1.807) is 26.4 Å². The van der Waals surface area contributed by atoms with Crippen LogP contribution in [0.5, 0.6) is 11.5 Å². The molecule has 6 heteroatoms. The summed E-state index contributed by atoms with van der Waals surface area (Å²) in [7, 11) is 6.03. The van der Waals surface area contributed by atoms with Crippen molar-refractivity contribution in [3.05, 3.63) is 69.8 Å². The molecule has 0 saturated carbocycles. The fourth-order valence-electron chi connectivity index (χ4n) is 6.09. The van der Waals surface area contributed by atoms with E-state index in [1.807, 2.05) is 0 Å². The van der Waals surface area contributed by atoms with Gasteiger partial charge in [0.1, 0.15) is 11.5 Å². The number of rotatable bonds is 4. The summed E-state index contributed by atoms with van der Waals surface area (Å²) < 4.78 is 22.7. The number of methoxy groups -OCH3 is 4. The Balaban J connectivity index is 2.29. The van der Waals surface area contributed by atoms with E-state index in [4.69, 9.17) is 18.9 Å². The van der Waals surface area contributed by atoms with E-state index in [-0.39, 0.29) is 22.0 Å². The fourth-order valence-corrected chi connectivity index (χ4v) is 6.09. The number of esters is 2. The van der Waals surface area contributed by atoms with Crippen LogP contribution >= 0.6 is 0 Å². The van der Waals surface area contributed by atoms with Gasteiger partial charge in [-0.1, -0.05) is 66.5 Å². The Morgan fingerprint density at radius 2 is 0.886 bits per heavy atom. The predicted molar refractivity (Wildman–Crippen MR) is 176 cm³/mol. The first-order valence-electron chi connectivity index (χ1n) is 15.5. The number of ether oxygens (including phenoxy) is 4. The van der Waals surface area contributed by atoms with Gasteiger partial charge in [-0.2, -0.15) is 0 Å². The van der Waals surface area contributed by atoms with Crippen molar-refractivity contribution >= 4 is 11.9 Å². The number of fused-ring (bicyclic) bond motifs is 7. The second kappa shape index (κ2) is 13.1. The van der Waals surface area contributed by atoms with Crippen LogP contribution in [-0.4, -0.2) is 40.4 Å². The van der Waals surface area contributed by atoms with Gasteiger partial charge in [-0.3, -0.25) is 0 Å². The number of carbonyl (C=O) groups is 2. The topological polar surface area (TPSA) is 71.1 Å². The van der Waals surface area contributed by atoms with Gasteiger partial charge in [-0.15, -0.1) is 0 Å². The van der Waals surface area contributed by atoms with Crippen LogP contribution < -0.4 is 9.47 Å². The molecule has 0 heterocycles. The molecule has 0 aromatic heterocycles. The molecule has 0 atom stereocenters. The Hall–Kier alpha value is -3.80. The average molecular weight is 601 g/mol. The molecule has 0 spiro atoms. The van der Waals surface area contributed by atoms with Crippen LogP contribution in [0.2, 0.25) is 0 Å². The van der Waals surface area contributed by atoms with Gasteiger partial charge in [0.25, 0.3) is 0 Å². The van der Waals surface area contributed by atoms with Gasteiger partial charge < -0.3 is 18.9 Å². The van der Waals surface area contributed by atoms with Crippen LogP contribution in [-0.2, 0) is 33.1 Å². The van der Waals surface area contributed by atoms with Gasteiger partial charge in [0.15, 0.2) is 0 Å². The van der Waals surface area contributed by atoms with Crippen LogP contribution in [0.4, 0.5) is 0 Å². The summed E-state index contributed by atoms with van der Waals surface area (Å²) in [5.41, 5.74) is 7.79. The predicted octanol–water partition coefficient (Wildman–Crippen LogP) is 8.87. The minimum Gasteiger partial charge on any atom is -0.496 e. The Morgan fingerprint density at radius 1 is 0.523 bits per heavy atom.